The monoisotopic (exact) mass is 967 g/mol. The fourth-order valence-corrected chi connectivity index (χ4v) is 7.43. The predicted molar refractivity (Wildman–Crippen MR) is 268 cm³/mol. The lowest BCUT2D eigenvalue weighted by Crippen LogP contribution is -2.29. The Labute approximate surface area is 415 Å². The summed E-state index contributed by atoms with van der Waals surface area (Å²) in [5, 5.41) is 25.9. The lowest BCUT2D eigenvalue weighted by atomic mass is 9.92. The van der Waals surface area contributed by atoms with Gasteiger partial charge in [0.25, 0.3) is 0 Å². The summed E-state index contributed by atoms with van der Waals surface area (Å²) in [7, 11) is 0. The first kappa shape index (κ1) is 59.9. The van der Waals surface area contributed by atoms with E-state index in [9.17, 15) is 14.4 Å². The number of esters is 2. The van der Waals surface area contributed by atoms with Gasteiger partial charge in [0.15, 0.2) is 11.6 Å². The van der Waals surface area contributed by atoms with E-state index < -0.39 is 0 Å². The minimum absolute atomic E-state index is 0.0918. The van der Waals surface area contributed by atoms with Crippen molar-refractivity contribution >= 4 is 24.2 Å². The van der Waals surface area contributed by atoms with Gasteiger partial charge in [-0.25, -0.2) is 4.79 Å². The molecule has 0 aliphatic heterocycles. The van der Waals surface area contributed by atoms with E-state index in [1.807, 2.05) is 66.7 Å². The number of ether oxygens (including phenoxy) is 3. The molecule has 16 heteroatoms. The van der Waals surface area contributed by atoms with Crippen molar-refractivity contribution in [2.45, 2.75) is 169 Å². The fraction of sp³-hybridized carbons (Fsp3) is 0.556. The summed E-state index contributed by atoms with van der Waals surface area (Å²) < 4.78 is 15.9. The molecule has 0 spiro atoms. The van der Waals surface area contributed by atoms with Crippen LogP contribution in [0.5, 0.6) is 0 Å². The standard InChI is InChI=1S/C23H33NO4.C14H21NO2.C12H18N2.C4H6N4.CO2/c25-22(19-20-13-7-6-8-14-20)27-18-12-5-4-11-17-24-23(26)28-21-15-9-2-1-3-10-16-21;15-10-6-1-2-7-11-17-14(16)12-13-8-4-3-5-9-13;1-9-11-7-5-3-4-6-8-12(11)10(2)14-13-9;1-3-5-7-4(2)8-6-3;2-1-3/h6-9,13-15,21H,1-5,10-12,16-19H2,(H,24,26);3-5,8-9H,1-2,6-7,10-12,15H2;3-8H2,1-2H3;1-2H3;/b15-9+;;;;. The smallest absolute Gasteiger partial charge is 0.407 e. The summed E-state index contributed by atoms with van der Waals surface area (Å²) in [5.74, 6) is 0.889. The molecule has 2 aromatic carbocycles. The Morgan fingerprint density at radius 2 is 1.06 bits per heavy atom. The molecule has 4 aromatic rings. The lowest BCUT2D eigenvalue weighted by molar-refractivity contribution is -0.191. The van der Waals surface area contributed by atoms with Crippen LogP contribution in [0.1, 0.15) is 154 Å². The normalized spacial score (nSPS) is 14.2. The molecule has 1 amide bonds. The third-order valence-electron chi connectivity index (χ3n) is 11.2. The Kier molecular flexibility index (Phi) is 33.9. The topological polar surface area (TPSA) is 228 Å². The van der Waals surface area contributed by atoms with Crippen molar-refractivity contribution in [2.75, 3.05) is 26.3 Å². The number of nitrogens with two attached hydrogens (primary N) is 1. The minimum Gasteiger partial charge on any atom is -0.465 e. The van der Waals surface area contributed by atoms with Crippen LogP contribution in [0, 0.1) is 27.7 Å². The Bertz CT molecular complexity index is 2010. The number of alkyl carbamates (subject to hydrolysis) is 1. The molecule has 2 aromatic heterocycles. The SMILES string of the molecule is Cc1nnc(C)c2c1CCCCCC2.Cc1nnc(C)nn1.NCCCCCCOC(=O)Cc1ccccc1.O=C(Cc1ccccc1)OCCCCCCNC(=O)OC1/C=C/CCCCC1.O=C=O. The van der Waals surface area contributed by atoms with Crippen molar-refractivity contribution < 1.29 is 38.2 Å². The number of nitrogens with one attached hydrogen (secondary N) is 1. The zero-order valence-electron chi connectivity index (χ0n) is 42.2. The summed E-state index contributed by atoms with van der Waals surface area (Å²) in [6.07, 6.45) is 25.8. The number of allylic oxidation sites excluding steroid dienone is 1. The van der Waals surface area contributed by atoms with Gasteiger partial charge in [-0.05, 0) is 146 Å². The predicted octanol–water partition coefficient (Wildman–Crippen LogP) is 9.29. The molecule has 0 saturated heterocycles. The molecule has 1 unspecified atom stereocenters. The number of aryl methyl sites for hydroxylation is 4. The van der Waals surface area contributed by atoms with Gasteiger partial charge in [0, 0.05) is 6.54 Å². The van der Waals surface area contributed by atoms with Crippen molar-refractivity contribution in [3.05, 3.63) is 118 Å². The summed E-state index contributed by atoms with van der Waals surface area (Å²) >= 11 is 0. The molecule has 2 heterocycles. The highest BCUT2D eigenvalue weighted by Gasteiger charge is 2.14. The van der Waals surface area contributed by atoms with E-state index >= 15 is 0 Å². The van der Waals surface area contributed by atoms with E-state index in [4.69, 9.17) is 29.5 Å². The van der Waals surface area contributed by atoms with Crippen LogP contribution in [0.4, 0.5) is 4.79 Å². The quantitative estimate of drug-likeness (QED) is 0.0410. The molecular weight excluding hydrogens is 889 g/mol. The van der Waals surface area contributed by atoms with Gasteiger partial charge < -0.3 is 25.3 Å². The van der Waals surface area contributed by atoms with Gasteiger partial charge in [-0.1, -0.05) is 105 Å². The third-order valence-corrected chi connectivity index (χ3v) is 11.2. The number of benzene rings is 2. The largest absolute Gasteiger partial charge is 0.465 e. The van der Waals surface area contributed by atoms with E-state index in [-0.39, 0.29) is 30.3 Å². The van der Waals surface area contributed by atoms with Gasteiger partial charge >= 0.3 is 24.2 Å². The first-order chi connectivity index (χ1) is 34.1. The number of rotatable bonds is 18. The van der Waals surface area contributed by atoms with Crippen LogP contribution in [-0.4, -0.2) is 87.2 Å². The maximum atomic E-state index is 11.8. The van der Waals surface area contributed by atoms with Crippen LogP contribution < -0.4 is 11.1 Å². The summed E-state index contributed by atoms with van der Waals surface area (Å²) in [4.78, 5) is 51.3. The van der Waals surface area contributed by atoms with E-state index in [0.717, 1.165) is 99.7 Å². The minimum atomic E-state index is -0.329. The van der Waals surface area contributed by atoms with E-state index in [0.29, 0.717) is 44.2 Å². The van der Waals surface area contributed by atoms with Crippen molar-refractivity contribution in [1.29, 1.82) is 0 Å². The molecule has 2 aliphatic carbocycles. The molecule has 6 rings (SSSR count). The Hall–Kier alpha value is -6.25. The second-order valence-electron chi connectivity index (χ2n) is 17.1. The van der Waals surface area contributed by atoms with Crippen LogP contribution >= 0.6 is 0 Å². The maximum Gasteiger partial charge on any atom is 0.407 e. The molecule has 0 radical (unpaired) electrons. The summed E-state index contributed by atoms with van der Waals surface area (Å²) in [6, 6.07) is 19.3. The Morgan fingerprint density at radius 1 is 0.600 bits per heavy atom. The Balaban J connectivity index is 0.000000340. The van der Waals surface area contributed by atoms with Gasteiger partial charge in [-0.3, -0.25) is 9.59 Å². The Morgan fingerprint density at radius 3 is 1.54 bits per heavy atom. The molecule has 2 aliphatic rings. The number of aromatic nitrogens is 6. The average molecular weight is 967 g/mol. The molecule has 0 saturated carbocycles. The second-order valence-corrected chi connectivity index (χ2v) is 17.1. The van der Waals surface area contributed by atoms with Gasteiger partial charge in [-0.15, -0.1) is 20.4 Å². The van der Waals surface area contributed by atoms with Crippen LogP contribution in [0.25, 0.3) is 0 Å². The zero-order chi connectivity index (χ0) is 50.9. The molecule has 16 nitrogen and oxygen atoms in total. The van der Waals surface area contributed by atoms with Gasteiger partial charge in [0.1, 0.15) is 6.10 Å². The van der Waals surface area contributed by atoms with Crippen LogP contribution in [-0.2, 0) is 59.1 Å². The average Bonchev–Trinajstić information content (AvgIpc) is 3.33. The highest BCUT2D eigenvalue weighted by Crippen LogP contribution is 2.23. The molecular formula is C54H78N8O8. The fourth-order valence-electron chi connectivity index (χ4n) is 7.43. The number of amides is 1. The number of hydrogen-bond donors (Lipinski definition) is 2. The number of fused-ring (bicyclic) bond motifs is 1. The van der Waals surface area contributed by atoms with Crippen molar-refractivity contribution in [1.82, 2.24) is 35.9 Å². The second kappa shape index (κ2) is 39.6. The molecule has 0 fully saturated rings. The van der Waals surface area contributed by atoms with Crippen LogP contribution in [0.2, 0.25) is 0 Å². The molecule has 70 heavy (non-hydrogen) atoms. The highest BCUT2D eigenvalue weighted by atomic mass is 16.6. The first-order valence-corrected chi connectivity index (χ1v) is 25.1. The lowest BCUT2D eigenvalue weighted by Gasteiger charge is -2.16. The van der Waals surface area contributed by atoms with Crippen molar-refractivity contribution in [2.24, 2.45) is 5.73 Å². The van der Waals surface area contributed by atoms with Crippen molar-refractivity contribution in [3.8, 4) is 0 Å². The number of unbranched alkanes of at least 4 members (excludes halogenated alkanes) is 6. The zero-order valence-corrected chi connectivity index (χ0v) is 42.2. The van der Waals surface area contributed by atoms with Gasteiger partial charge in [0.2, 0.25) is 0 Å². The van der Waals surface area contributed by atoms with Gasteiger partial charge in [-0.2, -0.15) is 19.8 Å². The number of carbonyl (C=O) groups is 3. The van der Waals surface area contributed by atoms with Crippen LogP contribution in [0.3, 0.4) is 0 Å². The summed E-state index contributed by atoms with van der Waals surface area (Å²) in [6.45, 7) is 10.0. The number of carbonyl (C=O) groups excluding carboxylic acids is 5. The third kappa shape index (κ3) is 30.3. The van der Waals surface area contributed by atoms with E-state index in [2.05, 4.69) is 55.8 Å². The summed E-state index contributed by atoms with van der Waals surface area (Å²) in [5.41, 5.74) is 12.6. The van der Waals surface area contributed by atoms with Crippen LogP contribution in [0.15, 0.2) is 72.8 Å². The highest BCUT2D eigenvalue weighted by molar-refractivity contribution is 5.73. The first-order valence-electron chi connectivity index (χ1n) is 25.1. The van der Waals surface area contributed by atoms with E-state index in [1.54, 1.807) is 13.8 Å². The molecule has 1 atom stereocenters. The molecule has 0 bridgehead atoms. The van der Waals surface area contributed by atoms with Gasteiger partial charge in [0.05, 0.1) is 37.4 Å². The number of nitrogens with zero attached hydrogens (tertiary/aromatic N) is 6. The molecule has 382 valence electrons. The van der Waals surface area contributed by atoms with E-state index in [1.165, 1.54) is 62.5 Å². The van der Waals surface area contributed by atoms with Crippen molar-refractivity contribution in [3.63, 3.8) is 0 Å². The number of hydrogen-bond acceptors (Lipinski definition) is 15. The maximum absolute atomic E-state index is 11.8. The molecule has 3 N–H and O–H groups in total.